The number of nitrogens with one attached hydrogen (secondary N) is 2. The predicted octanol–water partition coefficient (Wildman–Crippen LogP) is 4.90. The molecule has 33 heavy (non-hydrogen) atoms. The molecule has 0 radical (unpaired) electrons. The Labute approximate surface area is 196 Å². The third-order valence-corrected chi connectivity index (χ3v) is 7.64. The minimum Gasteiger partial charge on any atom is -0.354 e. The van der Waals surface area contributed by atoms with Crippen molar-refractivity contribution < 1.29 is 8.42 Å². The highest BCUT2D eigenvalue weighted by Crippen LogP contribution is 2.34. The Morgan fingerprint density at radius 3 is 2.48 bits per heavy atom. The number of unbranched alkanes of at least 4 members (excludes halogenated alkanes) is 1. The summed E-state index contributed by atoms with van der Waals surface area (Å²) in [6.07, 6.45) is 10.6. The van der Waals surface area contributed by atoms with Gasteiger partial charge >= 0.3 is 0 Å². The number of benzene rings is 1. The van der Waals surface area contributed by atoms with Crippen LogP contribution in [0.1, 0.15) is 71.3 Å². The summed E-state index contributed by atoms with van der Waals surface area (Å²) in [5, 5.41) is 9.19. The summed E-state index contributed by atoms with van der Waals surface area (Å²) < 4.78 is 29.6. The number of rotatable bonds is 10. The zero-order chi connectivity index (χ0) is 23.3. The van der Waals surface area contributed by atoms with Gasteiger partial charge in [0.25, 0.3) is 0 Å². The van der Waals surface area contributed by atoms with Gasteiger partial charge in [-0.2, -0.15) is 10.1 Å². The summed E-state index contributed by atoms with van der Waals surface area (Å²) in [4.78, 5) is 9.62. The molecule has 1 aliphatic rings. The Balaban J connectivity index is 1.71. The molecule has 2 N–H and O–H groups in total. The maximum atomic E-state index is 12.4. The number of sulfonamides is 1. The molecule has 0 saturated heterocycles. The van der Waals surface area contributed by atoms with Gasteiger partial charge in [-0.15, -0.1) is 0 Å². The van der Waals surface area contributed by atoms with Gasteiger partial charge in [0.1, 0.15) is 5.69 Å². The van der Waals surface area contributed by atoms with Crippen molar-refractivity contribution in [2.24, 2.45) is 0 Å². The highest BCUT2D eigenvalue weighted by Gasteiger charge is 2.23. The first kappa shape index (κ1) is 23.6. The van der Waals surface area contributed by atoms with E-state index < -0.39 is 10.0 Å². The van der Waals surface area contributed by atoms with Crippen LogP contribution in [0.3, 0.4) is 0 Å². The van der Waals surface area contributed by atoms with E-state index in [1.165, 1.54) is 19.3 Å². The number of hydrogen-bond donors (Lipinski definition) is 2. The lowest BCUT2D eigenvalue weighted by atomic mass is 9.96. The van der Waals surface area contributed by atoms with E-state index in [1.54, 1.807) is 12.1 Å². The highest BCUT2D eigenvalue weighted by molar-refractivity contribution is 7.89. The molecule has 0 bridgehead atoms. The number of fused-ring (bicyclic) bond motifs is 1. The van der Waals surface area contributed by atoms with Crippen LogP contribution in [0.25, 0.3) is 22.3 Å². The lowest BCUT2D eigenvalue weighted by Crippen LogP contribution is -2.24. The largest absolute Gasteiger partial charge is 0.354 e. The fourth-order valence-electron chi connectivity index (χ4n) is 4.29. The van der Waals surface area contributed by atoms with E-state index in [4.69, 9.17) is 10.1 Å². The summed E-state index contributed by atoms with van der Waals surface area (Å²) in [5.74, 6) is 0.628. The molecule has 0 atom stereocenters. The lowest BCUT2D eigenvalue weighted by molar-refractivity contribution is 0.336. The van der Waals surface area contributed by atoms with Crippen LogP contribution < -0.4 is 10.0 Å². The molecule has 1 fully saturated rings. The molecule has 1 aromatic carbocycles. The Hall–Kier alpha value is -2.52. The number of hydrogen-bond acceptors (Lipinski definition) is 6. The molecule has 0 amide bonds. The molecule has 0 spiro atoms. The topological polar surface area (TPSA) is 102 Å². The Morgan fingerprint density at radius 2 is 1.79 bits per heavy atom. The van der Waals surface area contributed by atoms with Crippen LogP contribution in [0.5, 0.6) is 0 Å². The van der Waals surface area contributed by atoms with Crippen molar-refractivity contribution in [1.29, 1.82) is 0 Å². The summed E-state index contributed by atoms with van der Waals surface area (Å²) in [5.41, 5.74) is 2.49. The van der Waals surface area contributed by atoms with E-state index >= 15 is 0 Å². The summed E-state index contributed by atoms with van der Waals surface area (Å²) in [6, 6.07) is 7.24. The Morgan fingerprint density at radius 1 is 1.03 bits per heavy atom. The summed E-state index contributed by atoms with van der Waals surface area (Å²) in [7, 11) is -3.50. The van der Waals surface area contributed by atoms with Crippen molar-refractivity contribution >= 4 is 27.0 Å². The molecule has 1 saturated carbocycles. The highest BCUT2D eigenvalue weighted by atomic mass is 32.2. The van der Waals surface area contributed by atoms with Crippen LogP contribution in [-0.2, 0) is 10.0 Å². The standard InChI is InChI=1S/C24H34N6O2S/c1-3-5-16-25-24-26-17-21-22(29-30(23(21)28-24)19-9-7-6-8-10-19)18-11-13-20(14-12-18)33(31,32)27-15-4-2/h11-14,17,19,27H,3-10,15-16H2,1-2H3,(H,25,26,28). The van der Waals surface area contributed by atoms with Gasteiger partial charge in [-0.05, 0) is 37.8 Å². The molecule has 1 aliphatic carbocycles. The average Bonchev–Trinajstić information content (AvgIpc) is 3.22. The first-order valence-electron chi connectivity index (χ1n) is 12.1. The molecule has 2 aromatic heterocycles. The lowest BCUT2D eigenvalue weighted by Gasteiger charge is -2.22. The van der Waals surface area contributed by atoms with E-state index in [9.17, 15) is 8.42 Å². The van der Waals surface area contributed by atoms with Gasteiger partial charge in [-0.25, -0.2) is 22.8 Å². The van der Waals surface area contributed by atoms with E-state index in [0.29, 0.717) is 18.5 Å². The van der Waals surface area contributed by atoms with E-state index in [0.717, 1.165) is 60.9 Å². The monoisotopic (exact) mass is 470 g/mol. The van der Waals surface area contributed by atoms with Crippen molar-refractivity contribution in [3.63, 3.8) is 0 Å². The van der Waals surface area contributed by atoms with Gasteiger partial charge in [0.05, 0.1) is 16.3 Å². The minimum absolute atomic E-state index is 0.259. The first-order valence-corrected chi connectivity index (χ1v) is 13.6. The first-order chi connectivity index (χ1) is 16.0. The fourth-order valence-corrected chi connectivity index (χ4v) is 5.42. The molecular formula is C24H34N6O2S. The van der Waals surface area contributed by atoms with E-state index in [2.05, 4.69) is 26.6 Å². The van der Waals surface area contributed by atoms with Crippen LogP contribution in [0, 0.1) is 0 Å². The SMILES string of the molecule is CCCCNc1ncc2c(-c3ccc(S(=O)(=O)NCCC)cc3)nn(C3CCCCC3)c2n1. The van der Waals surface area contributed by atoms with Crippen molar-refractivity contribution in [2.75, 3.05) is 18.4 Å². The molecule has 178 valence electrons. The molecular weight excluding hydrogens is 436 g/mol. The summed E-state index contributed by atoms with van der Waals surface area (Å²) in [6.45, 7) is 5.36. The maximum absolute atomic E-state index is 12.4. The second-order valence-electron chi connectivity index (χ2n) is 8.72. The molecule has 3 aromatic rings. The summed E-state index contributed by atoms with van der Waals surface area (Å²) >= 11 is 0. The van der Waals surface area contributed by atoms with Crippen LogP contribution in [0.2, 0.25) is 0 Å². The molecule has 2 heterocycles. The van der Waals surface area contributed by atoms with Gasteiger partial charge in [-0.1, -0.05) is 51.7 Å². The van der Waals surface area contributed by atoms with Gasteiger partial charge < -0.3 is 5.32 Å². The third kappa shape index (κ3) is 5.35. The van der Waals surface area contributed by atoms with E-state index in [1.807, 2.05) is 25.3 Å². The number of aromatic nitrogens is 4. The van der Waals surface area contributed by atoms with Crippen LogP contribution in [0.15, 0.2) is 35.4 Å². The van der Waals surface area contributed by atoms with Crippen molar-refractivity contribution in [1.82, 2.24) is 24.5 Å². The second-order valence-corrected chi connectivity index (χ2v) is 10.5. The van der Waals surface area contributed by atoms with Crippen molar-refractivity contribution in [3.8, 4) is 11.3 Å². The predicted molar refractivity (Wildman–Crippen MR) is 132 cm³/mol. The second kappa shape index (κ2) is 10.6. The van der Waals surface area contributed by atoms with Crippen molar-refractivity contribution in [3.05, 3.63) is 30.5 Å². The third-order valence-electron chi connectivity index (χ3n) is 6.16. The molecule has 0 unspecified atom stereocenters. The molecule has 8 nitrogen and oxygen atoms in total. The van der Waals surface area contributed by atoms with E-state index in [-0.39, 0.29) is 4.90 Å². The Bertz CT molecular complexity index is 1170. The molecule has 4 rings (SSSR count). The average molecular weight is 471 g/mol. The van der Waals surface area contributed by atoms with Crippen LogP contribution >= 0.6 is 0 Å². The van der Waals surface area contributed by atoms with Crippen molar-refractivity contribution in [2.45, 2.75) is 76.2 Å². The molecule has 0 aliphatic heterocycles. The van der Waals surface area contributed by atoms with Crippen LogP contribution in [-0.4, -0.2) is 41.3 Å². The fraction of sp³-hybridized carbons (Fsp3) is 0.542. The normalized spacial score (nSPS) is 15.2. The smallest absolute Gasteiger partial charge is 0.240 e. The van der Waals surface area contributed by atoms with Crippen LogP contribution in [0.4, 0.5) is 5.95 Å². The zero-order valence-electron chi connectivity index (χ0n) is 19.5. The van der Waals surface area contributed by atoms with Gasteiger partial charge in [0, 0.05) is 24.8 Å². The molecule has 9 heteroatoms. The number of anilines is 1. The maximum Gasteiger partial charge on any atom is 0.240 e. The zero-order valence-corrected chi connectivity index (χ0v) is 20.4. The minimum atomic E-state index is -3.50. The van der Waals surface area contributed by atoms with Gasteiger partial charge in [0.15, 0.2) is 5.65 Å². The Kier molecular flexibility index (Phi) is 7.60. The van der Waals surface area contributed by atoms with Gasteiger partial charge in [0.2, 0.25) is 16.0 Å². The van der Waals surface area contributed by atoms with Gasteiger partial charge in [-0.3, -0.25) is 0 Å². The quantitative estimate of drug-likeness (QED) is 0.409. The number of nitrogens with zero attached hydrogens (tertiary/aromatic N) is 4.